The van der Waals surface area contributed by atoms with E-state index in [2.05, 4.69) is 5.32 Å². The summed E-state index contributed by atoms with van der Waals surface area (Å²) in [5, 5.41) is 12.4. The summed E-state index contributed by atoms with van der Waals surface area (Å²) in [5.41, 5.74) is -3.74. The summed E-state index contributed by atoms with van der Waals surface area (Å²) in [7, 11) is 0. The molecule has 0 aliphatic heterocycles. The van der Waals surface area contributed by atoms with Crippen LogP contribution in [0.5, 0.6) is 0 Å². The molecule has 0 heterocycles. The number of nitrogens with one attached hydrogen (secondary N) is 1. The predicted molar refractivity (Wildman–Crippen MR) is 82.6 cm³/mol. The number of hydrogen-bond acceptors (Lipinski definition) is 3. The van der Waals surface area contributed by atoms with E-state index in [0.29, 0.717) is 5.56 Å². The minimum Gasteiger partial charge on any atom is -0.444 e. The zero-order valence-electron chi connectivity index (χ0n) is 13.9. The van der Waals surface area contributed by atoms with Gasteiger partial charge in [-0.2, -0.15) is 13.2 Å². The number of ether oxygens (including phenoxy) is 1. The molecular weight excluding hydrogens is 323 g/mol. The van der Waals surface area contributed by atoms with Crippen molar-refractivity contribution in [2.75, 3.05) is 6.54 Å². The van der Waals surface area contributed by atoms with Gasteiger partial charge in [0.15, 0.2) is 5.60 Å². The third-order valence-corrected chi connectivity index (χ3v) is 4.15. The number of hydrogen-bond donors (Lipinski definition) is 2. The van der Waals surface area contributed by atoms with Crippen molar-refractivity contribution < 1.29 is 27.8 Å². The fourth-order valence-electron chi connectivity index (χ4n) is 3.05. The highest BCUT2D eigenvalue weighted by atomic mass is 19.4. The quantitative estimate of drug-likeness (QED) is 0.881. The van der Waals surface area contributed by atoms with Crippen LogP contribution in [0.25, 0.3) is 0 Å². The van der Waals surface area contributed by atoms with Crippen LogP contribution in [0.2, 0.25) is 0 Å². The van der Waals surface area contributed by atoms with Gasteiger partial charge < -0.3 is 15.2 Å². The molecule has 2 rings (SSSR count). The Labute approximate surface area is 139 Å². The van der Waals surface area contributed by atoms with Crippen molar-refractivity contribution in [1.82, 2.24) is 5.32 Å². The molecule has 1 amide bonds. The Balaban J connectivity index is 2.14. The van der Waals surface area contributed by atoms with Gasteiger partial charge in [-0.05, 0) is 39.2 Å². The van der Waals surface area contributed by atoms with E-state index in [9.17, 15) is 23.1 Å². The summed E-state index contributed by atoms with van der Waals surface area (Å²) in [5.74, 6) is 0. The van der Waals surface area contributed by atoms with Crippen LogP contribution in [0, 0.1) is 0 Å². The molecule has 0 aromatic heterocycles. The van der Waals surface area contributed by atoms with Crippen molar-refractivity contribution in [3.05, 3.63) is 35.9 Å². The molecular formula is C17H22F3NO3. The highest BCUT2D eigenvalue weighted by molar-refractivity contribution is 5.68. The Morgan fingerprint density at radius 3 is 2.21 bits per heavy atom. The molecule has 0 spiro atoms. The van der Waals surface area contributed by atoms with Gasteiger partial charge in [-0.1, -0.05) is 30.3 Å². The van der Waals surface area contributed by atoms with E-state index >= 15 is 0 Å². The maximum Gasteiger partial charge on any atom is 0.417 e. The topological polar surface area (TPSA) is 58.6 Å². The first-order valence-electron chi connectivity index (χ1n) is 7.68. The number of amides is 1. The number of alkyl halides is 3. The summed E-state index contributed by atoms with van der Waals surface area (Å²) in [6.07, 6.45) is -6.38. The van der Waals surface area contributed by atoms with Gasteiger partial charge in [-0.15, -0.1) is 0 Å². The molecule has 134 valence electrons. The van der Waals surface area contributed by atoms with Crippen molar-refractivity contribution in [2.45, 2.75) is 56.4 Å². The Morgan fingerprint density at radius 2 is 1.75 bits per heavy atom. The van der Waals surface area contributed by atoms with E-state index in [4.69, 9.17) is 4.74 Å². The van der Waals surface area contributed by atoms with Crippen molar-refractivity contribution in [3.8, 4) is 0 Å². The second-order valence-electron chi connectivity index (χ2n) is 7.38. The number of alkyl carbamates (subject to hydrolysis) is 1. The van der Waals surface area contributed by atoms with Gasteiger partial charge in [0.2, 0.25) is 0 Å². The van der Waals surface area contributed by atoms with Crippen LogP contribution in [0.3, 0.4) is 0 Å². The first kappa shape index (κ1) is 18.6. The SMILES string of the molecule is CC(C)(C)OC(=O)NCC1(c2ccccc2)CC(O)(C(F)(F)F)C1. The molecule has 1 aromatic carbocycles. The molecule has 1 fully saturated rings. The van der Waals surface area contributed by atoms with Crippen LogP contribution in [0.1, 0.15) is 39.2 Å². The second-order valence-corrected chi connectivity index (χ2v) is 7.38. The average Bonchev–Trinajstić information content (AvgIpc) is 2.40. The zero-order valence-corrected chi connectivity index (χ0v) is 13.9. The summed E-state index contributed by atoms with van der Waals surface area (Å²) < 4.78 is 44.1. The molecule has 0 saturated heterocycles. The minimum absolute atomic E-state index is 0.0374. The lowest BCUT2D eigenvalue weighted by atomic mass is 9.55. The maximum atomic E-state index is 13.0. The second kappa shape index (κ2) is 5.95. The van der Waals surface area contributed by atoms with E-state index in [1.807, 2.05) is 0 Å². The number of benzene rings is 1. The van der Waals surface area contributed by atoms with Crippen LogP contribution in [0.4, 0.5) is 18.0 Å². The monoisotopic (exact) mass is 345 g/mol. The molecule has 0 unspecified atom stereocenters. The van der Waals surface area contributed by atoms with Crippen LogP contribution in [0.15, 0.2) is 30.3 Å². The van der Waals surface area contributed by atoms with Gasteiger partial charge in [-0.25, -0.2) is 4.79 Å². The van der Waals surface area contributed by atoms with Gasteiger partial charge in [0.05, 0.1) is 0 Å². The summed E-state index contributed by atoms with van der Waals surface area (Å²) in [6.45, 7) is 5.06. The van der Waals surface area contributed by atoms with Crippen molar-refractivity contribution in [1.29, 1.82) is 0 Å². The predicted octanol–water partition coefficient (Wildman–Crippen LogP) is 3.54. The average molecular weight is 345 g/mol. The summed E-state index contributed by atoms with van der Waals surface area (Å²) in [4.78, 5) is 11.8. The molecule has 24 heavy (non-hydrogen) atoms. The molecule has 1 aliphatic rings. The molecule has 1 saturated carbocycles. The Bertz CT molecular complexity index is 587. The number of aliphatic hydroxyl groups is 1. The van der Waals surface area contributed by atoms with Gasteiger partial charge in [-0.3, -0.25) is 0 Å². The van der Waals surface area contributed by atoms with E-state index in [-0.39, 0.29) is 6.54 Å². The Hall–Kier alpha value is -1.76. The fourth-order valence-corrected chi connectivity index (χ4v) is 3.05. The maximum absolute atomic E-state index is 13.0. The summed E-state index contributed by atoms with van der Waals surface area (Å²) in [6, 6.07) is 8.59. The zero-order chi connectivity index (χ0) is 18.2. The first-order chi connectivity index (χ1) is 10.9. The number of carbonyl (C=O) groups excluding carboxylic acids is 1. The lowest BCUT2D eigenvalue weighted by molar-refractivity contribution is -0.303. The van der Waals surface area contributed by atoms with Crippen LogP contribution < -0.4 is 5.32 Å². The van der Waals surface area contributed by atoms with E-state index in [1.165, 1.54) is 0 Å². The van der Waals surface area contributed by atoms with Crippen LogP contribution >= 0.6 is 0 Å². The summed E-state index contributed by atoms with van der Waals surface area (Å²) >= 11 is 0. The first-order valence-corrected chi connectivity index (χ1v) is 7.68. The molecule has 0 bridgehead atoms. The third kappa shape index (κ3) is 3.83. The molecule has 0 radical (unpaired) electrons. The molecule has 1 aliphatic carbocycles. The van der Waals surface area contributed by atoms with Gasteiger partial charge >= 0.3 is 12.3 Å². The Kier molecular flexibility index (Phi) is 4.61. The number of carbonyl (C=O) groups is 1. The lowest BCUT2D eigenvalue weighted by Gasteiger charge is -2.54. The largest absolute Gasteiger partial charge is 0.444 e. The van der Waals surface area contributed by atoms with Gasteiger partial charge in [0.25, 0.3) is 0 Å². The van der Waals surface area contributed by atoms with Crippen molar-refractivity contribution >= 4 is 6.09 Å². The molecule has 2 N–H and O–H groups in total. The van der Waals surface area contributed by atoms with E-state index in [1.54, 1.807) is 51.1 Å². The molecule has 4 nitrogen and oxygen atoms in total. The normalized spacial score (nSPS) is 27.3. The highest BCUT2D eigenvalue weighted by Crippen LogP contribution is 2.56. The number of halogens is 3. The van der Waals surface area contributed by atoms with Crippen LogP contribution in [-0.2, 0) is 10.2 Å². The van der Waals surface area contributed by atoms with E-state index in [0.717, 1.165) is 0 Å². The lowest BCUT2D eigenvalue weighted by Crippen LogP contribution is -2.65. The van der Waals surface area contributed by atoms with Gasteiger partial charge in [0.1, 0.15) is 5.60 Å². The fraction of sp³-hybridized carbons (Fsp3) is 0.588. The minimum atomic E-state index is -4.70. The van der Waals surface area contributed by atoms with Crippen LogP contribution in [-0.4, -0.2) is 35.1 Å². The van der Waals surface area contributed by atoms with Gasteiger partial charge in [0, 0.05) is 12.0 Å². The standard InChI is InChI=1S/C17H22F3NO3/c1-14(2,3)24-13(22)21-11-15(12-7-5-4-6-8-12)9-16(23,10-15)17(18,19)20/h4-8,23H,9-11H2,1-3H3,(H,21,22). The number of rotatable bonds is 3. The van der Waals surface area contributed by atoms with Crippen molar-refractivity contribution in [3.63, 3.8) is 0 Å². The third-order valence-electron chi connectivity index (χ3n) is 4.15. The smallest absolute Gasteiger partial charge is 0.417 e. The van der Waals surface area contributed by atoms with E-state index < -0.39 is 41.7 Å². The Morgan fingerprint density at radius 1 is 1.21 bits per heavy atom. The molecule has 0 atom stereocenters. The molecule has 7 heteroatoms. The highest BCUT2D eigenvalue weighted by Gasteiger charge is 2.67. The van der Waals surface area contributed by atoms with Crippen molar-refractivity contribution in [2.24, 2.45) is 0 Å². The molecule has 1 aromatic rings.